The maximum atomic E-state index is 12.2. The number of hydrogen-bond acceptors (Lipinski definition) is 7. The third-order valence-electron chi connectivity index (χ3n) is 5.62. The van der Waals surface area contributed by atoms with Crippen molar-refractivity contribution in [3.63, 3.8) is 0 Å². The number of rotatable bonds is 4. The quantitative estimate of drug-likeness (QED) is 0.642. The van der Waals surface area contributed by atoms with E-state index in [1.165, 1.54) is 0 Å². The van der Waals surface area contributed by atoms with E-state index in [0.29, 0.717) is 6.54 Å². The lowest BCUT2D eigenvalue weighted by Gasteiger charge is -2.35. The Balaban J connectivity index is 1.41. The number of piperazine rings is 1. The maximum Gasteiger partial charge on any atom is 0.266 e. The van der Waals surface area contributed by atoms with Crippen molar-refractivity contribution < 1.29 is 0 Å². The van der Waals surface area contributed by atoms with Crippen LogP contribution in [-0.2, 0) is 19.0 Å². The van der Waals surface area contributed by atoms with Crippen LogP contribution in [0.4, 0.5) is 5.82 Å². The molecule has 1 aliphatic heterocycles. The SMILES string of the molecule is Cc1nc(N2CCN(CCn3nc(C(C)(C)C)ccc3=O)CC2)c2cnn(C)c2n1. The van der Waals surface area contributed by atoms with Crippen LogP contribution in [0.3, 0.4) is 0 Å². The van der Waals surface area contributed by atoms with Crippen LogP contribution < -0.4 is 10.5 Å². The summed E-state index contributed by atoms with van der Waals surface area (Å²) in [4.78, 5) is 26.1. The zero-order chi connectivity index (χ0) is 21.5. The van der Waals surface area contributed by atoms with Gasteiger partial charge in [0.25, 0.3) is 5.56 Å². The van der Waals surface area contributed by atoms with Crippen molar-refractivity contribution in [1.82, 2.24) is 34.4 Å². The minimum absolute atomic E-state index is 0.0444. The Labute approximate surface area is 176 Å². The van der Waals surface area contributed by atoms with Gasteiger partial charge in [-0.15, -0.1) is 0 Å². The standard InChI is InChI=1S/C21H30N8O/c1-15-23-19-16(14-22-26(19)5)20(24-15)28-11-8-27(9-12-28)10-13-29-18(30)7-6-17(25-29)21(2,3)4/h6-7,14H,8-13H2,1-5H3. The smallest absolute Gasteiger partial charge is 0.266 e. The molecular formula is C21H30N8O. The van der Waals surface area contributed by atoms with Gasteiger partial charge >= 0.3 is 0 Å². The molecule has 0 aromatic carbocycles. The zero-order valence-corrected chi connectivity index (χ0v) is 18.5. The summed E-state index contributed by atoms with van der Waals surface area (Å²) in [5, 5.41) is 9.91. The van der Waals surface area contributed by atoms with E-state index in [0.717, 1.165) is 61.1 Å². The molecule has 1 fully saturated rings. The fraction of sp³-hybridized carbons (Fsp3) is 0.571. The van der Waals surface area contributed by atoms with Crippen molar-refractivity contribution in [2.45, 2.75) is 39.7 Å². The molecule has 160 valence electrons. The highest BCUT2D eigenvalue weighted by Gasteiger charge is 2.22. The molecule has 0 unspecified atom stereocenters. The average molecular weight is 411 g/mol. The summed E-state index contributed by atoms with van der Waals surface area (Å²) in [5.41, 5.74) is 1.68. The van der Waals surface area contributed by atoms with E-state index < -0.39 is 0 Å². The van der Waals surface area contributed by atoms with Gasteiger partial charge in [0.05, 0.1) is 23.8 Å². The van der Waals surface area contributed by atoms with Crippen LogP contribution in [0.1, 0.15) is 32.3 Å². The Morgan fingerprint density at radius 3 is 2.47 bits per heavy atom. The summed E-state index contributed by atoms with van der Waals surface area (Å²) in [6.07, 6.45) is 1.84. The first kappa shape index (κ1) is 20.5. The van der Waals surface area contributed by atoms with Gasteiger partial charge in [0, 0.05) is 51.3 Å². The Hall–Kier alpha value is -2.81. The number of anilines is 1. The maximum absolute atomic E-state index is 12.2. The van der Waals surface area contributed by atoms with Crippen molar-refractivity contribution in [2.24, 2.45) is 7.05 Å². The van der Waals surface area contributed by atoms with Gasteiger partial charge < -0.3 is 4.90 Å². The molecule has 4 heterocycles. The van der Waals surface area contributed by atoms with Gasteiger partial charge in [0.2, 0.25) is 0 Å². The third-order valence-corrected chi connectivity index (χ3v) is 5.62. The van der Waals surface area contributed by atoms with E-state index in [1.54, 1.807) is 15.4 Å². The van der Waals surface area contributed by atoms with Gasteiger partial charge in [0.15, 0.2) is 5.65 Å². The normalized spacial score (nSPS) is 15.8. The second kappa shape index (κ2) is 7.79. The van der Waals surface area contributed by atoms with Crippen LogP contribution in [0.5, 0.6) is 0 Å². The molecule has 1 saturated heterocycles. The van der Waals surface area contributed by atoms with Gasteiger partial charge in [0.1, 0.15) is 11.6 Å². The predicted molar refractivity (Wildman–Crippen MR) is 117 cm³/mol. The molecule has 1 aliphatic rings. The molecule has 0 atom stereocenters. The van der Waals surface area contributed by atoms with Crippen LogP contribution in [-0.4, -0.2) is 67.2 Å². The molecule has 30 heavy (non-hydrogen) atoms. The number of fused-ring (bicyclic) bond motifs is 1. The molecule has 0 N–H and O–H groups in total. The first-order chi connectivity index (χ1) is 14.2. The van der Waals surface area contributed by atoms with Gasteiger partial charge in [-0.25, -0.2) is 14.6 Å². The summed E-state index contributed by atoms with van der Waals surface area (Å²) < 4.78 is 3.39. The van der Waals surface area contributed by atoms with Crippen LogP contribution in [0.15, 0.2) is 23.1 Å². The van der Waals surface area contributed by atoms with E-state index >= 15 is 0 Å². The minimum atomic E-state index is -0.0750. The second-order valence-corrected chi connectivity index (χ2v) is 8.96. The first-order valence-electron chi connectivity index (χ1n) is 10.4. The largest absolute Gasteiger partial charge is 0.353 e. The van der Waals surface area contributed by atoms with Gasteiger partial charge in [-0.3, -0.25) is 14.4 Å². The van der Waals surface area contributed by atoms with Crippen molar-refractivity contribution in [2.75, 3.05) is 37.6 Å². The summed E-state index contributed by atoms with van der Waals surface area (Å²) >= 11 is 0. The highest BCUT2D eigenvalue weighted by Crippen LogP contribution is 2.24. The highest BCUT2D eigenvalue weighted by atomic mass is 16.1. The van der Waals surface area contributed by atoms with Crippen LogP contribution in [0, 0.1) is 6.92 Å². The van der Waals surface area contributed by atoms with Crippen LogP contribution >= 0.6 is 0 Å². The van der Waals surface area contributed by atoms with Crippen molar-refractivity contribution in [3.05, 3.63) is 40.2 Å². The number of hydrogen-bond donors (Lipinski definition) is 0. The molecule has 0 aliphatic carbocycles. The molecule has 9 nitrogen and oxygen atoms in total. The first-order valence-corrected chi connectivity index (χ1v) is 10.4. The van der Waals surface area contributed by atoms with E-state index in [9.17, 15) is 4.79 Å². The molecule has 0 saturated carbocycles. The molecule has 3 aromatic heterocycles. The summed E-state index contributed by atoms with van der Waals surface area (Å²) in [6.45, 7) is 13.2. The average Bonchev–Trinajstić information content (AvgIpc) is 3.07. The molecule has 4 rings (SSSR count). The van der Waals surface area contributed by atoms with Gasteiger partial charge in [-0.05, 0) is 13.0 Å². The highest BCUT2D eigenvalue weighted by molar-refractivity contribution is 5.87. The lowest BCUT2D eigenvalue weighted by atomic mass is 9.92. The van der Waals surface area contributed by atoms with Gasteiger partial charge in [-0.1, -0.05) is 20.8 Å². The summed E-state index contributed by atoms with van der Waals surface area (Å²) in [7, 11) is 1.90. The van der Waals surface area contributed by atoms with Crippen LogP contribution in [0.25, 0.3) is 11.0 Å². The van der Waals surface area contributed by atoms with Crippen molar-refractivity contribution in [3.8, 4) is 0 Å². The zero-order valence-electron chi connectivity index (χ0n) is 18.5. The molecule has 0 radical (unpaired) electrons. The predicted octanol–water partition coefficient (Wildman–Crippen LogP) is 1.35. The Morgan fingerprint density at radius 2 is 1.77 bits per heavy atom. The van der Waals surface area contributed by atoms with E-state index in [2.05, 4.69) is 50.7 Å². The molecule has 0 bridgehead atoms. The molecular weight excluding hydrogens is 380 g/mol. The molecule has 0 amide bonds. The fourth-order valence-electron chi connectivity index (χ4n) is 3.78. The van der Waals surface area contributed by atoms with E-state index in [1.807, 2.05) is 26.2 Å². The molecule has 3 aromatic rings. The summed E-state index contributed by atoms with van der Waals surface area (Å²) in [5.74, 6) is 1.72. The van der Waals surface area contributed by atoms with Gasteiger partial charge in [-0.2, -0.15) is 10.2 Å². The molecule has 0 spiro atoms. The fourth-order valence-corrected chi connectivity index (χ4v) is 3.78. The van der Waals surface area contributed by atoms with E-state index in [4.69, 9.17) is 0 Å². The minimum Gasteiger partial charge on any atom is -0.353 e. The summed E-state index contributed by atoms with van der Waals surface area (Å²) in [6, 6.07) is 3.46. The number of aryl methyl sites for hydroxylation is 2. The Bertz CT molecular complexity index is 1100. The molecule has 9 heteroatoms. The van der Waals surface area contributed by atoms with E-state index in [-0.39, 0.29) is 11.0 Å². The third kappa shape index (κ3) is 4.07. The van der Waals surface area contributed by atoms with Crippen LogP contribution in [0.2, 0.25) is 0 Å². The monoisotopic (exact) mass is 410 g/mol. The Morgan fingerprint density at radius 1 is 1.03 bits per heavy atom. The Kier molecular flexibility index (Phi) is 5.31. The number of aromatic nitrogens is 6. The second-order valence-electron chi connectivity index (χ2n) is 8.96. The topological polar surface area (TPSA) is 85.0 Å². The van der Waals surface area contributed by atoms with Crippen molar-refractivity contribution in [1.29, 1.82) is 0 Å². The lowest BCUT2D eigenvalue weighted by molar-refractivity contribution is 0.241. The number of nitrogens with zero attached hydrogens (tertiary/aromatic N) is 8. The van der Waals surface area contributed by atoms with Crippen molar-refractivity contribution >= 4 is 16.9 Å². The lowest BCUT2D eigenvalue weighted by Crippen LogP contribution is -2.48.